The lowest BCUT2D eigenvalue weighted by atomic mass is 10.1. The third-order valence-electron chi connectivity index (χ3n) is 1.61. The van der Waals surface area contributed by atoms with E-state index in [0.717, 1.165) is 10.0 Å². The Balaban J connectivity index is 3.04. The van der Waals surface area contributed by atoms with Gasteiger partial charge in [-0.15, -0.1) is 0 Å². The maximum Gasteiger partial charge on any atom is 0.0431 e. The molecule has 1 atom stereocenters. The van der Waals surface area contributed by atoms with Gasteiger partial charge in [-0.2, -0.15) is 0 Å². The van der Waals surface area contributed by atoms with E-state index in [9.17, 15) is 0 Å². The van der Waals surface area contributed by atoms with Crippen LogP contribution >= 0.6 is 27.5 Å². The van der Waals surface area contributed by atoms with Crippen molar-refractivity contribution in [1.29, 1.82) is 0 Å². The smallest absolute Gasteiger partial charge is 0.0431 e. The van der Waals surface area contributed by atoms with Crippen LogP contribution in [0.4, 0.5) is 0 Å². The van der Waals surface area contributed by atoms with Gasteiger partial charge in [-0.3, -0.25) is 0 Å². The lowest BCUT2D eigenvalue weighted by Crippen LogP contribution is -2.21. The normalized spacial score (nSPS) is 13.0. The summed E-state index contributed by atoms with van der Waals surface area (Å²) in [5.74, 6) is 0. The molecule has 0 aliphatic carbocycles. The molecule has 1 aromatic rings. The molecule has 12 heavy (non-hydrogen) atoms. The fourth-order valence-electron chi connectivity index (χ4n) is 0.926. The zero-order valence-corrected chi connectivity index (χ0v) is 8.77. The minimum Gasteiger partial charge on any atom is -0.329 e. The Morgan fingerprint density at radius 2 is 2.17 bits per heavy atom. The molecule has 0 spiro atoms. The van der Waals surface area contributed by atoms with E-state index < -0.39 is 0 Å². The fourth-order valence-corrected chi connectivity index (χ4v) is 1.65. The summed E-state index contributed by atoms with van der Waals surface area (Å²) in [5, 5.41) is 0.678. The molecule has 0 unspecified atom stereocenters. The predicted octanol–water partition coefficient (Wildman–Crippen LogP) is 2.06. The van der Waals surface area contributed by atoms with Crippen molar-refractivity contribution in [3.8, 4) is 0 Å². The maximum absolute atomic E-state index is 5.80. The molecule has 0 bridgehead atoms. The molecule has 4 N–H and O–H groups in total. The topological polar surface area (TPSA) is 52.0 Å². The minimum atomic E-state index is -0.155. The lowest BCUT2D eigenvalue weighted by Gasteiger charge is -2.11. The lowest BCUT2D eigenvalue weighted by molar-refractivity contribution is 0.733. The minimum absolute atomic E-state index is 0.155. The van der Waals surface area contributed by atoms with Crippen molar-refractivity contribution in [2.24, 2.45) is 11.5 Å². The molecule has 0 fully saturated rings. The van der Waals surface area contributed by atoms with Gasteiger partial charge >= 0.3 is 0 Å². The van der Waals surface area contributed by atoms with Crippen molar-refractivity contribution in [3.05, 3.63) is 33.3 Å². The summed E-state index contributed by atoms with van der Waals surface area (Å²) >= 11 is 9.18. The first-order valence-electron chi connectivity index (χ1n) is 3.55. The molecular formula is C8H10BrClN2. The zero-order chi connectivity index (χ0) is 9.14. The third-order valence-corrected chi connectivity index (χ3v) is 2.57. The Morgan fingerprint density at radius 1 is 1.50 bits per heavy atom. The Bertz CT molecular complexity index is 278. The van der Waals surface area contributed by atoms with E-state index in [-0.39, 0.29) is 6.04 Å². The number of halogens is 2. The van der Waals surface area contributed by atoms with Crippen LogP contribution < -0.4 is 11.5 Å². The molecule has 0 saturated carbocycles. The van der Waals surface area contributed by atoms with Gasteiger partial charge in [-0.1, -0.05) is 27.5 Å². The largest absolute Gasteiger partial charge is 0.329 e. The van der Waals surface area contributed by atoms with Crippen LogP contribution in [0.2, 0.25) is 5.02 Å². The van der Waals surface area contributed by atoms with Gasteiger partial charge < -0.3 is 11.5 Å². The van der Waals surface area contributed by atoms with E-state index >= 15 is 0 Å². The SMILES string of the molecule is NC[C@@H](N)c1cc(Cl)ccc1Br. The number of benzene rings is 1. The fraction of sp³-hybridized carbons (Fsp3) is 0.250. The van der Waals surface area contributed by atoms with Crippen molar-refractivity contribution < 1.29 is 0 Å². The summed E-state index contributed by atoms with van der Waals surface area (Å²) in [7, 11) is 0. The summed E-state index contributed by atoms with van der Waals surface area (Å²) in [6.07, 6.45) is 0. The molecule has 1 rings (SSSR count). The van der Waals surface area contributed by atoms with Gasteiger partial charge in [-0.05, 0) is 23.8 Å². The Hall–Kier alpha value is -0.0900. The monoisotopic (exact) mass is 248 g/mol. The van der Waals surface area contributed by atoms with Gasteiger partial charge in [0.2, 0.25) is 0 Å². The summed E-state index contributed by atoms with van der Waals surface area (Å²) < 4.78 is 0.949. The molecule has 4 heteroatoms. The number of hydrogen-bond donors (Lipinski definition) is 2. The van der Waals surface area contributed by atoms with Crippen LogP contribution in [-0.2, 0) is 0 Å². The van der Waals surface area contributed by atoms with Crippen LogP contribution in [0.1, 0.15) is 11.6 Å². The number of rotatable bonds is 2. The average Bonchev–Trinajstić information content (AvgIpc) is 2.08. The maximum atomic E-state index is 5.80. The first-order chi connectivity index (χ1) is 5.65. The Morgan fingerprint density at radius 3 is 2.75 bits per heavy atom. The first kappa shape index (κ1) is 9.99. The van der Waals surface area contributed by atoms with Crippen molar-refractivity contribution >= 4 is 27.5 Å². The molecular weight excluding hydrogens is 239 g/mol. The highest BCUT2D eigenvalue weighted by molar-refractivity contribution is 9.10. The zero-order valence-electron chi connectivity index (χ0n) is 6.43. The summed E-state index contributed by atoms with van der Waals surface area (Å²) in [4.78, 5) is 0. The predicted molar refractivity (Wildman–Crippen MR) is 55.1 cm³/mol. The summed E-state index contributed by atoms with van der Waals surface area (Å²) in [5.41, 5.74) is 12.1. The second kappa shape index (κ2) is 4.23. The molecule has 0 radical (unpaired) electrons. The van der Waals surface area contributed by atoms with E-state index in [4.69, 9.17) is 23.1 Å². The highest BCUT2D eigenvalue weighted by atomic mass is 79.9. The van der Waals surface area contributed by atoms with Gasteiger partial charge in [0, 0.05) is 22.1 Å². The van der Waals surface area contributed by atoms with Crippen LogP contribution in [-0.4, -0.2) is 6.54 Å². The second-order valence-corrected chi connectivity index (χ2v) is 3.80. The molecule has 0 aromatic heterocycles. The summed E-state index contributed by atoms with van der Waals surface area (Å²) in [6, 6.07) is 5.34. The van der Waals surface area contributed by atoms with E-state index in [1.807, 2.05) is 12.1 Å². The van der Waals surface area contributed by atoms with Crippen LogP contribution in [0, 0.1) is 0 Å². The molecule has 0 amide bonds. The standard InChI is InChI=1S/C8H10BrClN2/c9-7-2-1-5(10)3-6(7)8(12)4-11/h1-3,8H,4,11-12H2/t8-/m1/s1. The van der Waals surface area contributed by atoms with E-state index in [0.29, 0.717) is 11.6 Å². The van der Waals surface area contributed by atoms with Gasteiger partial charge in [0.15, 0.2) is 0 Å². The van der Waals surface area contributed by atoms with Crippen molar-refractivity contribution in [1.82, 2.24) is 0 Å². The average molecular weight is 250 g/mol. The quantitative estimate of drug-likeness (QED) is 0.843. The highest BCUT2D eigenvalue weighted by Crippen LogP contribution is 2.24. The second-order valence-electron chi connectivity index (χ2n) is 2.51. The molecule has 0 saturated heterocycles. The molecule has 0 aliphatic heterocycles. The van der Waals surface area contributed by atoms with Crippen LogP contribution in [0.25, 0.3) is 0 Å². The van der Waals surface area contributed by atoms with Crippen LogP contribution in [0.3, 0.4) is 0 Å². The molecule has 66 valence electrons. The first-order valence-corrected chi connectivity index (χ1v) is 4.73. The Kier molecular flexibility index (Phi) is 3.53. The van der Waals surface area contributed by atoms with Gasteiger partial charge in [0.25, 0.3) is 0 Å². The van der Waals surface area contributed by atoms with Crippen molar-refractivity contribution in [2.45, 2.75) is 6.04 Å². The molecule has 2 nitrogen and oxygen atoms in total. The van der Waals surface area contributed by atoms with Crippen molar-refractivity contribution in [3.63, 3.8) is 0 Å². The molecule has 1 aromatic carbocycles. The Labute approximate surface area is 85.0 Å². The van der Waals surface area contributed by atoms with Gasteiger partial charge in [0.1, 0.15) is 0 Å². The summed E-state index contributed by atoms with van der Waals surface area (Å²) in [6.45, 7) is 0.416. The highest BCUT2D eigenvalue weighted by Gasteiger charge is 2.07. The van der Waals surface area contributed by atoms with E-state index in [2.05, 4.69) is 15.9 Å². The third kappa shape index (κ3) is 2.20. The van der Waals surface area contributed by atoms with E-state index in [1.165, 1.54) is 0 Å². The van der Waals surface area contributed by atoms with E-state index in [1.54, 1.807) is 6.07 Å². The number of hydrogen-bond acceptors (Lipinski definition) is 2. The number of nitrogens with two attached hydrogens (primary N) is 2. The van der Waals surface area contributed by atoms with Gasteiger partial charge in [0.05, 0.1) is 0 Å². The van der Waals surface area contributed by atoms with Crippen molar-refractivity contribution in [2.75, 3.05) is 6.54 Å². The van der Waals surface area contributed by atoms with Gasteiger partial charge in [-0.25, -0.2) is 0 Å². The van der Waals surface area contributed by atoms with Crippen LogP contribution in [0.5, 0.6) is 0 Å². The molecule has 0 aliphatic rings. The van der Waals surface area contributed by atoms with Crippen LogP contribution in [0.15, 0.2) is 22.7 Å². The molecule has 0 heterocycles.